The highest BCUT2D eigenvalue weighted by Crippen LogP contribution is 2.15. The van der Waals surface area contributed by atoms with Crippen LogP contribution < -0.4 is 0 Å². The van der Waals surface area contributed by atoms with Gasteiger partial charge < -0.3 is 9.40 Å². The van der Waals surface area contributed by atoms with Crippen LogP contribution >= 0.6 is 11.3 Å². The molecule has 0 bridgehead atoms. The van der Waals surface area contributed by atoms with Crippen LogP contribution in [0.5, 0.6) is 0 Å². The fraction of sp³-hybridized carbons (Fsp3) is 0.581. The van der Waals surface area contributed by atoms with E-state index in [9.17, 15) is 0 Å². The number of pyridine rings is 1. The fourth-order valence-electron chi connectivity index (χ4n) is 2.96. The first-order valence-corrected chi connectivity index (χ1v) is 20.4. The van der Waals surface area contributed by atoms with Crippen LogP contribution in [0, 0.1) is 0 Å². The number of aromatic nitrogens is 7. The Kier molecular flexibility index (Phi) is 48.1. The lowest BCUT2D eigenvalue weighted by Gasteiger charge is -2.00. The molecular formula is C43H79N7OS. The van der Waals surface area contributed by atoms with Gasteiger partial charge in [0.25, 0.3) is 0 Å². The second kappa shape index (κ2) is 43.4. The van der Waals surface area contributed by atoms with E-state index < -0.39 is 0 Å². The summed E-state index contributed by atoms with van der Waals surface area (Å²) in [5.41, 5.74) is 1.16. The predicted octanol–water partition coefficient (Wildman–Crippen LogP) is 14.5. The maximum absolute atomic E-state index is 4.98. The Labute approximate surface area is 325 Å². The van der Waals surface area contributed by atoms with E-state index in [1.54, 1.807) is 42.4 Å². The van der Waals surface area contributed by atoms with Gasteiger partial charge in [0.15, 0.2) is 5.89 Å². The van der Waals surface area contributed by atoms with Crippen LogP contribution in [0.4, 0.5) is 0 Å². The highest BCUT2D eigenvalue weighted by Gasteiger charge is 2.01. The summed E-state index contributed by atoms with van der Waals surface area (Å²) in [5.74, 6) is 5.29. The molecule has 5 heterocycles. The molecule has 0 saturated carbocycles. The van der Waals surface area contributed by atoms with Crippen molar-refractivity contribution in [1.82, 2.24) is 34.9 Å². The number of rotatable bonds is 5. The number of H-pyrrole nitrogens is 1. The molecule has 0 unspecified atom stereocenters. The standard InChI is InChI=1S/C8H11N.C7H10N2.C6H10N2.C6H9NO.C6H9NS.5C2H6/c1-7(2)8-5-3-4-6-9-8;1-6(2)7-8-4-3-5-9-7;3*1-5(2)6-7-3-4-8-6;5*1-2/h3-7H,1-2H3;3-6H,1-2H3;3-5H,1-2H3,(H,7,8);2*3-5H,1-2H3;5*1-2H3. The summed E-state index contributed by atoms with van der Waals surface area (Å²) in [6.07, 6.45) is 14.1. The molecule has 0 fully saturated rings. The van der Waals surface area contributed by atoms with Gasteiger partial charge in [-0.1, -0.05) is 145 Å². The van der Waals surface area contributed by atoms with Crippen molar-refractivity contribution < 1.29 is 4.42 Å². The van der Waals surface area contributed by atoms with Crippen molar-refractivity contribution >= 4 is 11.3 Å². The number of hydrogen-bond donors (Lipinski definition) is 1. The lowest BCUT2D eigenvalue weighted by Crippen LogP contribution is -1.93. The number of imidazole rings is 1. The Bertz CT molecular complexity index is 1110. The van der Waals surface area contributed by atoms with Gasteiger partial charge in [-0.05, 0) is 24.1 Å². The van der Waals surface area contributed by atoms with E-state index in [0.29, 0.717) is 29.6 Å². The zero-order valence-corrected chi connectivity index (χ0v) is 37.7. The molecule has 0 spiro atoms. The molecule has 1 N–H and O–H groups in total. The van der Waals surface area contributed by atoms with Crippen LogP contribution in [0.2, 0.25) is 0 Å². The second-order valence-electron chi connectivity index (χ2n) is 10.9. The van der Waals surface area contributed by atoms with E-state index in [-0.39, 0.29) is 0 Å². The SMILES string of the molecule is CC.CC.CC.CC.CC.CC(C)c1ccccn1.CC(C)c1ncc[nH]1.CC(C)c1ncccn1.CC(C)c1ncco1.CC(C)c1nccs1. The summed E-state index contributed by atoms with van der Waals surface area (Å²) in [6, 6.07) is 7.82. The third kappa shape index (κ3) is 33.4. The summed E-state index contributed by atoms with van der Waals surface area (Å²) >= 11 is 1.72. The number of oxazole rings is 1. The monoisotopic (exact) mass is 742 g/mol. The van der Waals surface area contributed by atoms with Crippen LogP contribution in [0.25, 0.3) is 0 Å². The van der Waals surface area contributed by atoms with Crippen LogP contribution in [0.15, 0.2) is 83.7 Å². The van der Waals surface area contributed by atoms with Crippen LogP contribution in [-0.4, -0.2) is 34.9 Å². The number of nitrogens with one attached hydrogen (secondary N) is 1. The molecule has 9 heteroatoms. The van der Waals surface area contributed by atoms with E-state index in [4.69, 9.17) is 4.42 Å². The maximum atomic E-state index is 4.98. The Morgan fingerprint density at radius 2 is 1.06 bits per heavy atom. The van der Waals surface area contributed by atoms with Crippen molar-refractivity contribution in [3.63, 3.8) is 0 Å². The van der Waals surface area contributed by atoms with Crippen molar-refractivity contribution in [1.29, 1.82) is 0 Å². The number of hydrogen-bond acceptors (Lipinski definition) is 8. The lowest BCUT2D eigenvalue weighted by molar-refractivity contribution is 0.471. The zero-order valence-electron chi connectivity index (χ0n) is 36.9. The summed E-state index contributed by atoms with van der Waals surface area (Å²) < 4.78 is 4.98. The summed E-state index contributed by atoms with van der Waals surface area (Å²) in [6.45, 7) is 41.1. The Balaban J connectivity index is -0.000000167. The lowest BCUT2D eigenvalue weighted by atomic mass is 10.1. The summed E-state index contributed by atoms with van der Waals surface area (Å²) in [5, 5.41) is 3.24. The first kappa shape index (κ1) is 57.6. The third-order valence-electron chi connectivity index (χ3n) is 5.34. The zero-order chi connectivity index (χ0) is 41.3. The van der Waals surface area contributed by atoms with E-state index in [0.717, 1.165) is 23.2 Å². The van der Waals surface area contributed by atoms with Gasteiger partial charge in [0, 0.05) is 71.9 Å². The fourth-order valence-corrected chi connectivity index (χ4v) is 3.61. The van der Waals surface area contributed by atoms with Gasteiger partial charge in [-0.2, -0.15) is 0 Å². The quantitative estimate of drug-likeness (QED) is 0.191. The number of aromatic amines is 1. The van der Waals surface area contributed by atoms with Crippen molar-refractivity contribution in [3.8, 4) is 0 Å². The normalized spacial score (nSPS) is 8.87. The minimum atomic E-state index is 0.407. The molecule has 8 nitrogen and oxygen atoms in total. The highest BCUT2D eigenvalue weighted by molar-refractivity contribution is 7.09. The average molecular weight is 742 g/mol. The molecule has 5 aromatic heterocycles. The maximum Gasteiger partial charge on any atom is 0.196 e. The molecule has 0 atom stereocenters. The minimum Gasteiger partial charge on any atom is -0.449 e. The minimum absolute atomic E-state index is 0.407. The molecule has 52 heavy (non-hydrogen) atoms. The summed E-state index contributed by atoms with van der Waals surface area (Å²) in [4.78, 5) is 27.5. The van der Waals surface area contributed by atoms with Gasteiger partial charge in [0.2, 0.25) is 0 Å². The second-order valence-corrected chi connectivity index (χ2v) is 11.8. The van der Waals surface area contributed by atoms with Gasteiger partial charge in [0.1, 0.15) is 17.9 Å². The number of thiazole rings is 1. The van der Waals surface area contributed by atoms with Crippen LogP contribution in [-0.2, 0) is 0 Å². The molecule has 5 rings (SSSR count). The first-order chi connectivity index (χ1) is 25.0. The van der Waals surface area contributed by atoms with Crippen molar-refractivity contribution in [2.24, 2.45) is 0 Å². The predicted molar refractivity (Wildman–Crippen MR) is 231 cm³/mol. The number of nitrogens with zero attached hydrogens (tertiary/aromatic N) is 6. The molecule has 0 amide bonds. The topological polar surface area (TPSA) is 106 Å². The highest BCUT2D eigenvalue weighted by atomic mass is 32.1. The molecule has 0 aliphatic carbocycles. The van der Waals surface area contributed by atoms with Crippen molar-refractivity contribution in [2.45, 2.75) is 168 Å². The summed E-state index contributed by atoms with van der Waals surface area (Å²) in [7, 11) is 0. The van der Waals surface area contributed by atoms with E-state index in [1.165, 1.54) is 5.01 Å². The Morgan fingerprint density at radius 3 is 1.29 bits per heavy atom. The molecule has 0 aliphatic heterocycles. The van der Waals surface area contributed by atoms with Crippen LogP contribution in [0.1, 0.15) is 196 Å². The Morgan fingerprint density at radius 1 is 0.500 bits per heavy atom. The largest absolute Gasteiger partial charge is 0.449 e. The van der Waals surface area contributed by atoms with E-state index in [1.807, 2.05) is 131 Å². The first-order valence-electron chi connectivity index (χ1n) is 19.5. The molecule has 0 saturated heterocycles. The molecule has 0 aliphatic rings. The van der Waals surface area contributed by atoms with E-state index >= 15 is 0 Å². The molecular weight excluding hydrogens is 663 g/mol. The van der Waals surface area contributed by atoms with Crippen molar-refractivity contribution in [2.75, 3.05) is 0 Å². The molecule has 5 aromatic rings. The van der Waals surface area contributed by atoms with Gasteiger partial charge in [-0.3, -0.25) is 4.98 Å². The molecule has 0 aromatic carbocycles. The van der Waals surface area contributed by atoms with Gasteiger partial charge in [-0.25, -0.2) is 24.9 Å². The van der Waals surface area contributed by atoms with Crippen molar-refractivity contribution in [3.05, 3.63) is 108 Å². The van der Waals surface area contributed by atoms with Gasteiger partial charge in [-0.15, -0.1) is 11.3 Å². The van der Waals surface area contributed by atoms with Crippen LogP contribution in [0.3, 0.4) is 0 Å². The van der Waals surface area contributed by atoms with E-state index in [2.05, 4.69) is 90.3 Å². The third-order valence-corrected chi connectivity index (χ3v) is 6.41. The smallest absolute Gasteiger partial charge is 0.196 e. The van der Waals surface area contributed by atoms with Gasteiger partial charge >= 0.3 is 0 Å². The van der Waals surface area contributed by atoms with Gasteiger partial charge in [0.05, 0.1) is 11.2 Å². The molecule has 0 radical (unpaired) electrons. The molecule has 298 valence electrons. The average Bonchev–Trinajstić information content (AvgIpc) is 4.03. The Hall–Kier alpha value is -3.72.